The molecule has 2 aromatic carbocycles. The van der Waals surface area contributed by atoms with Crippen molar-refractivity contribution in [3.8, 4) is 11.1 Å². The SMILES string of the molecule is CC(C)(C)OC(=O)N1CCCC(c2ccc(-c3ccc(C(=O)Cc4ccccn4)cc3)c3cncnc23)C1. The highest BCUT2D eigenvalue weighted by Gasteiger charge is 2.29. The summed E-state index contributed by atoms with van der Waals surface area (Å²) in [6.07, 6.45) is 7.00. The highest BCUT2D eigenvalue weighted by atomic mass is 16.6. The van der Waals surface area contributed by atoms with Crippen LogP contribution in [0.15, 0.2) is 73.3 Å². The van der Waals surface area contributed by atoms with Gasteiger partial charge in [-0.3, -0.25) is 9.78 Å². The highest BCUT2D eigenvalue weighted by Crippen LogP contribution is 2.36. The number of hydrogen-bond acceptors (Lipinski definition) is 6. The number of Topliss-reactive ketones (excluding diaryl/α,β-unsaturated/α-hetero) is 1. The van der Waals surface area contributed by atoms with Gasteiger partial charge in [0.1, 0.15) is 11.9 Å². The van der Waals surface area contributed by atoms with E-state index in [2.05, 4.69) is 27.1 Å². The molecule has 4 aromatic rings. The summed E-state index contributed by atoms with van der Waals surface area (Å²) in [6.45, 7) is 6.96. The van der Waals surface area contributed by atoms with E-state index in [0.29, 0.717) is 18.7 Å². The number of hydrogen-bond donors (Lipinski definition) is 0. The molecule has 0 saturated carbocycles. The molecular formula is C31H32N4O3. The number of nitrogens with zero attached hydrogens (tertiary/aromatic N) is 4. The Kier molecular flexibility index (Phi) is 7.18. The number of fused-ring (bicyclic) bond motifs is 1. The number of benzene rings is 2. The van der Waals surface area contributed by atoms with Crippen molar-refractivity contribution in [3.63, 3.8) is 0 Å². The van der Waals surface area contributed by atoms with Gasteiger partial charge in [-0.2, -0.15) is 0 Å². The van der Waals surface area contributed by atoms with Crippen LogP contribution in [0.1, 0.15) is 61.1 Å². The van der Waals surface area contributed by atoms with Crippen LogP contribution in [-0.4, -0.2) is 50.4 Å². The predicted octanol–water partition coefficient (Wildman–Crippen LogP) is 6.23. The third kappa shape index (κ3) is 5.72. The van der Waals surface area contributed by atoms with Crippen LogP contribution < -0.4 is 0 Å². The number of rotatable bonds is 5. The van der Waals surface area contributed by atoms with Crippen molar-refractivity contribution in [1.29, 1.82) is 0 Å². The van der Waals surface area contributed by atoms with Crippen molar-refractivity contribution in [3.05, 3.63) is 90.1 Å². The lowest BCUT2D eigenvalue weighted by molar-refractivity contribution is 0.0198. The molecule has 1 saturated heterocycles. The summed E-state index contributed by atoms with van der Waals surface area (Å²) < 4.78 is 5.62. The van der Waals surface area contributed by atoms with E-state index in [9.17, 15) is 9.59 Å². The summed E-state index contributed by atoms with van der Waals surface area (Å²) in [6, 6.07) is 17.5. The number of ketones is 1. The maximum Gasteiger partial charge on any atom is 0.410 e. The molecule has 0 aliphatic carbocycles. The topological polar surface area (TPSA) is 85.3 Å². The Labute approximate surface area is 222 Å². The van der Waals surface area contributed by atoms with Crippen molar-refractivity contribution >= 4 is 22.8 Å². The molecule has 1 amide bonds. The molecular weight excluding hydrogens is 476 g/mol. The van der Waals surface area contributed by atoms with Gasteiger partial charge >= 0.3 is 6.09 Å². The standard InChI is InChI=1S/C31H32N4O3/c1-31(2,3)38-30(37)35-16-6-7-23(19-35)26-14-13-25(27-18-32-20-34-29(26)27)21-9-11-22(12-10-21)28(36)17-24-8-4-5-15-33-24/h4-5,8-15,18,20,23H,6-7,16-17,19H2,1-3H3. The van der Waals surface area contributed by atoms with Gasteiger partial charge in [-0.05, 0) is 62.4 Å². The Morgan fingerprint density at radius 1 is 1.03 bits per heavy atom. The lowest BCUT2D eigenvalue weighted by atomic mass is 9.87. The third-order valence-corrected chi connectivity index (χ3v) is 6.80. The van der Waals surface area contributed by atoms with Gasteiger partial charge in [-0.15, -0.1) is 0 Å². The summed E-state index contributed by atoms with van der Waals surface area (Å²) in [5, 5.41) is 0.951. The Hall–Kier alpha value is -4.13. The molecule has 3 heterocycles. The van der Waals surface area contributed by atoms with E-state index in [1.165, 1.54) is 0 Å². The molecule has 5 rings (SSSR count). The Morgan fingerprint density at radius 3 is 2.58 bits per heavy atom. The minimum absolute atomic E-state index is 0.0330. The quantitative estimate of drug-likeness (QED) is 0.297. The lowest BCUT2D eigenvalue weighted by Gasteiger charge is -2.34. The molecule has 1 aliphatic heterocycles. The van der Waals surface area contributed by atoms with Gasteiger partial charge in [0.25, 0.3) is 0 Å². The number of piperidine rings is 1. The van der Waals surface area contributed by atoms with Crippen molar-refractivity contribution in [2.75, 3.05) is 13.1 Å². The molecule has 194 valence electrons. The van der Waals surface area contributed by atoms with Gasteiger partial charge in [0, 0.05) is 48.0 Å². The van der Waals surface area contributed by atoms with Crippen LogP contribution >= 0.6 is 0 Å². The molecule has 0 radical (unpaired) electrons. The predicted molar refractivity (Wildman–Crippen MR) is 147 cm³/mol. The molecule has 38 heavy (non-hydrogen) atoms. The van der Waals surface area contributed by atoms with Crippen LogP contribution in [0.2, 0.25) is 0 Å². The Bertz CT molecular complexity index is 1450. The van der Waals surface area contributed by atoms with E-state index in [1.54, 1.807) is 17.4 Å². The maximum atomic E-state index is 12.7. The molecule has 1 aliphatic rings. The van der Waals surface area contributed by atoms with Gasteiger partial charge < -0.3 is 9.64 Å². The molecule has 1 fully saturated rings. The zero-order valence-electron chi connectivity index (χ0n) is 22.1. The number of aromatic nitrogens is 3. The summed E-state index contributed by atoms with van der Waals surface area (Å²) in [4.78, 5) is 40.5. The fourth-order valence-corrected chi connectivity index (χ4v) is 5.01. The number of likely N-dealkylation sites (tertiary alicyclic amines) is 1. The molecule has 1 atom stereocenters. The number of amides is 1. The maximum absolute atomic E-state index is 12.7. The second-order valence-corrected chi connectivity index (χ2v) is 10.8. The van der Waals surface area contributed by atoms with E-state index in [1.807, 2.05) is 69.4 Å². The van der Waals surface area contributed by atoms with E-state index in [4.69, 9.17) is 4.74 Å². The van der Waals surface area contributed by atoms with Gasteiger partial charge in [-0.1, -0.05) is 42.5 Å². The van der Waals surface area contributed by atoms with Gasteiger partial charge in [0.15, 0.2) is 5.78 Å². The molecule has 7 heteroatoms. The zero-order valence-corrected chi connectivity index (χ0v) is 22.1. The van der Waals surface area contributed by atoms with Crippen molar-refractivity contribution in [1.82, 2.24) is 19.9 Å². The first kappa shape index (κ1) is 25.5. The summed E-state index contributed by atoms with van der Waals surface area (Å²) in [7, 11) is 0. The van der Waals surface area contributed by atoms with Gasteiger partial charge in [0.05, 0.1) is 11.9 Å². The highest BCUT2D eigenvalue weighted by molar-refractivity contribution is 5.99. The number of pyridine rings is 1. The number of carbonyl (C=O) groups is 2. The van der Waals surface area contributed by atoms with E-state index < -0.39 is 5.60 Å². The van der Waals surface area contributed by atoms with Crippen molar-refractivity contribution in [2.45, 2.75) is 51.6 Å². The fourth-order valence-electron chi connectivity index (χ4n) is 5.01. The Morgan fingerprint density at radius 2 is 1.84 bits per heavy atom. The van der Waals surface area contributed by atoms with E-state index in [-0.39, 0.29) is 24.2 Å². The minimum Gasteiger partial charge on any atom is -0.444 e. The van der Waals surface area contributed by atoms with Gasteiger partial charge in [-0.25, -0.2) is 14.8 Å². The largest absolute Gasteiger partial charge is 0.444 e. The first-order chi connectivity index (χ1) is 18.3. The normalized spacial score (nSPS) is 15.9. The van der Waals surface area contributed by atoms with Crippen molar-refractivity contribution in [2.24, 2.45) is 0 Å². The third-order valence-electron chi connectivity index (χ3n) is 6.80. The van der Waals surface area contributed by atoms with Crippen LogP contribution in [0.4, 0.5) is 4.79 Å². The van der Waals surface area contributed by atoms with Crippen LogP contribution in [0, 0.1) is 0 Å². The molecule has 1 unspecified atom stereocenters. The fraction of sp³-hybridized carbons (Fsp3) is 0.323. The molecule has 7 nitrogen and oxygen atoms in total. The summed E-state index contributed by atoms with van der Waals surface area (Å²) >= 11 is 0. The summed E-state index contributed by atoms with van der Waals surface area (Å²) in [5.41, 5.74) is 4.89. The van der Waals surface area contributed by atoms with Crippen LogP contribution in [-0.2, 0) is 11.2 Å². The second kappa shape index (κ2) is 10.7. The zero-order chi connectivity index (χ0) is 26.7. The first-order valence-electron chi connectivity index (χ1n) is 13.0. The van der Waals surface area contributed by atoms with E-state index >= 15 is 0 Å². The molecule has 0 spiro atoms. The average molecular weight is 509 g/mol. The molecule has 0 N–H and O–H groups in total. The van der Waals surface area contributed by atoms with E-state index in [0.717, 1.165) is 46.1 Å². The average Bonchev–Trinajstić information content (AvgIpc) is 2.92. The van der Waals surface area contributed by atoms with Crippen LogP contribution in [0.25, 0.3) is 22.0 Å². The monoisotopic (exact) mass is 508 g/mol. The Balaban J connectivity index is 1.39. The second-order valence-electron chi connectivity index (χ2n) is 10.8. The van der Waals surface area contributed by atoms with Gasteiger partial charge in [0.2, 0.25) is 0 Å². The molecule has 0 bridgehead atoms. The number of ether oxygens (including phenoxy) is 1. The van der Waals surface area contributed by atoms with Crippen LogP contribution in [0.5, 0.6) is 0 Å². The lowest BCUT2D eigenvalue weighted by Crippen LogP contribution is -2.42. The summed E-state index contributed by atoms with van der Waals surface area (Å²) in [5.74, 6) is 0.194. The minimum atomic E-state index is -0.524. The van der Waals surface area contributed by atoms with Crippen molar-refractivity contribution < 1.29 is 14.3 Å². The first-order valence-corrected chi connectivity index (χ1v) is 13.0. The molecule has 2 aromatic heterocycles. The van der Waals surface area contributed by atoms with Crippen LogP contribution in [0.3, 0.4) is 0 Å². The smallest absolute Gasteiger partial charge is 0.410 e. The number of carbonyl (C=O) groups excluding carboxylic acids is 2.